The summed E-state index contributed by atoms with van der Waals surface area (Å²) in [7, 11) is 0. The summed E-state index contributed by atoms with van der Waals surface area (Å²) in [5, 5.41) is 0. The Balaban J connectivity index is 0.605. The zero-order valence-corrected chi connectivity index (χ0v) is 25.4. The minimum absolute atomic E-state index is 1.09. The SMILES string of the molecule is CC1C(C)C2C1C1C2C2C1C1C2C2C1C1C2C2C1C1C2C2C3C4C5C6C7C8C9C%10C%11CCC%11C%10C9C8C7C6C5C4C3C12. The summed E-state index contributed by atoms with van der Waals surface area (Å²) in [5.74, 6) is 49.1. The highest BCUT2D eigenvalue weighted by Crippen LogP contribution is 3.01. The molecule has 0 heterocycles. The smallest absolute Gasteiger partial charge is 0.0312 e. The third-order valence-electron chi connectivity index (χ3n) is 26.2. The molecular weight excluding hydrogens is 504 g/mol. The van der Waals surface area contributed by atoms with Gasteiger partial charge in [0.05, 0.1) is 0 Å². The lowest BCUT2D eigenvalue weighted by molar-refractivity contribution is -0.544. The van der Waals surface area contributed by atoms with E-state index in [1.807, 2.05) is 0 Å². The van der Waals surface area contributed by atoms with E-state index in [1.165, 1.54) is 213 Å². The fourth-order valence-electron chi connectivity index (χ4n) is 26.3. The molecule has 0 aromatic rings. The molecule has 19 aliphatic rings. The monoisotopic (exact) mass is 552 g/mol. The first-order chi connectivity index (χ1) is 20.8. The zero-order chi connectivity index (χ0) is 25.4. The van der Waals surface area contributed by atoms with Gasteiger partial charge >= 0.3 is 0 Å². The molecule has 19 rings (SSSR count). The molecule has 0 aromatic heterocycles. The van der Waals surface area contributed by atoms with Crippen molar-refractivity contribution in [3.8, 4) is 0 Å². The Morgan fingerprint density at radius 3 is 0.500 bits per heavy atom. The Kier molecular flexibility index (Phi) is 2.28. The molecule has 0 amide bonds. The highest BCUT2D eigenvalue weighted by Gasteiger charge is 2.98. The summed E-state index contributed by atoms with van der Waals surface area (Å²) in [6, 6.07) is 0. The van der Waals surface area contributed by atoms with Crippen LogP contribution in [0.2, 0.25) is 0 Å². The van der Waals surface area contributed by atoms with Crippen molar-refractivity contribution >= 4 is 0 Å². The second-order valence-corrected chi connectivity index (χ2v) is 23.3. The van der Waals surface area contributed by atoms with Crippen LogP contribution in [0.3, 0.4) is 0 Å². The molecule has 42 heavy (non-hydrogen) atoms. The first-order valence-electron chi connectivity index (χ1n) is 20.8. The molecule has 0 radical (unpaired) electrons. The van der Waals surface area contributed by atoms with Gasteiger partial charge in [-0.1, -0.05) is 13.8 Å². The zero-order valence-electron chi connectivity index (χ0n) is 25.4. The van der Waals surface area contributed by atoms with E-state index in [4.69, 9.17) is 0 Å². The van der Waals surface area contributed by atoms with Crippen LogP contribution in [0.1, 0.15) is 26.7 Å². The average molecular weight is 553 g/mol. The molecule has 0 heteroatoms. The molecule has 19 aliphatic carbocycles. The maximum Gasteiger partial charge on any atom is -0.0312 e. The Morgan fingerprint density at radius 1 is 0.190 bits per heavy atom. The number of hydrogen-bond donors (Lipinski definition) is 0. The van der Waals surface area contributed by atoms with Gasteiger partial charge in [-0.3, -0.25) is 0 Å². The second kappa shape index (κ2) is 4.88. The lowest BCUT2D eigenvalue weighted by atomic mass is 9.03. The van der Waals surface area contributed by atoms with Crippen molar-refractivity contribution in [2.45, 2.75) is 26.7 Å². The Hall–Kier alpha value is 0. The molecule has 0 spiro atoms. The molecule has 0 aromatic carbocycles. The van der Waals surface area contributed by atoms with Crippen molar-refractivity contribution in [1.29, 1.82) is 0 Å². The molecule has 19 fully saturated rings. The van der Waals surface area contributed by atoms with E-state index < -0.39 is 0 Å². The third kappa shape index (κ3) is 1.20. The van der Waals surface area contributed by atoms with Crippen LogP contribution in [-0.4, -0.2) is 0 Å². The second-order valence-electron chi connectivity index (χ2n) is 23.3. The molecular formula is C42H48. The van der Waals surface area contributed by atoms with Crippen LogP contribution in [-0.2, 0) is 0 Å². The summed E-state index contributed by atoms with van der Waals surface area (Å²) in [5.41, 5.74) is 0. The molecule has 216 valence electrons. The molecule has 0 saturated heterocycles. The third-order valence-corrected chi connectivity index (χ3v) is 26.2. The van der Waals surface area contributed by atoms with E-state index in [0.29, 0.717) is 0 Å². The molecule has 0 aliphatic heterocycles. The van der Waals surface area contributed by atoms with Crippen molar-refractivity contribution in [2.24, 2.45) is 225 Å². The molecule has 0 bridgehead atoms. The minimum atomic E-state index is 1.09. The van der Waals surface area contributed by atoms with Gasteiger partial charge in [-0.2, -0.15) is 0 Å². The first-order valence-corrected chi connectivity index (χ1v) is 20.8. The van der Waals surface area contributed by atoms with Crippen LogP contribution in [0.25, 0.3) is 0 Å². The summed E-state index contributed by atoms with van der Waals surface area (Å²) in [4.78, 5) is 0. The average Bonchev–Trinajstić information content (AvgIpc) is 2.91. The van der Waals surface area contributed by atoms with Gasteiger partial charge in [0, 0.05) is 0 Å². The first kappa shape index (κ1) is 19.6. The summed E-state index contributed by atoms with van der Waals surface area (Å²) in [6.07, 6.45) is 3.31. The van der Waals surface area contributed by atoms with Gasteiger partial charge in [0.2, 0.25) is 0 Å². The Labute approximate surface area is 251 Å². The lowest BCUT2D eigenvalue weighted by Gasteiger charge is -3.01. The molecule has 0 N–H and O–H groups in total. The number of hydrogen-bond acceptors (Lipinski definition) is 0. The van der Waals surface area contributed by atoms with Crippen LogP contribution in [0.15, 0.2) is 0 Å². The standard InChI is InChI=1S/C42H48/c1-5-6(2)10-9(5)13-14(10)18-17(13)21-22(18)26-25(21)29-30(26)34-33(29)37-38(34)42-40-36-32-28-24-20-16-12-8-4-3-7(8)11(12)15(16)19(20)23(24)27(28)31(32)35(36)39(40)41(37)42/h5-42H,3-4H2,1-2H3. The highest BCUT2D eigenvalue weighted by molar-refractivity contribution is 5.44. The van der Waals surface area contributed by atoms with Crippen molar-refractivity contribution in [2.75, 3.05) is 0 Å². The topological polar surface area (TPSA) is 0 Å². The Bertz CT molecular complexity index is 1370. The van der Waals surface area contributed by atoms with Gasteiger partial charge in [-0.25, -0.2) is 0 Å². The van der Waals surface area contributed by atoms with E-state index in [9.17, 15) is 0 Å². The van der Waals surface area contributed by atoms with Gasteiger partial charge < -0.3 is 0 Å². The van der Waals surface area contributed by atoms with Crippen LogP contribution < -0.4 is 0 Å². The van der Waals surface area contributed by atoms with E-state index >= 15 is 0 Å². The van der Waals surface area contributed by atoms with Crippen molar-refractivity contribution in [3.63, 3.8) is 0 Å². The van der Waals surface area contributed by atoms with Gasteiger partial charge in [0.25, 0.3) is 0 Å². The highest BCUT2D eigenvalue weighted by atomic mass is 15.0. The molecule has 38 atom stereocenters. The van der Waals surface area contributed by atoms with Crippen molar-refractivity contribution < 1.29 is 0 Å². The number of rotatable bonds is 0. The van der Waals surface area contributed by atoms with Gasteiger partial charge in [-0.15, -0.1) is 0 Å². The van der Waals surface area contributed by atoms with Gasteiger partial charge in [0.1, 0.15) is 0 Å². The predicted molar refractivity (Wildman–Crippen MR) is 153 cm³/mol. The fourth-order valence-corrected chi connectivity index (χ4v) is 26.3. The van der Waals surface area contributed by atoms with E-state index in [1.54, 1.807) is 12.8 Å². The summed E-state index contributed by atoms with van der Waals surface area (Å²) >= 11 is 0. The largest absolute Gasteiger partial charge is 0.0620 e. The van der Waals surface area contributed by atoms with Crippen LogP contribution in [0.5, 0.6) is 0 Å². The maximum absolute atomic E-state index is 2.63. The van der Waals surface area contributed by atoms with Crippen molar-refractivity contribution in [1.82, 2.24) is 0 Å². The van der Waals surface area contributed by atoms with Crippen LogP contribution >= 0.6 is 0 Å². The van der Waals surface area contributed by atoms with Crippen LogP contribution in [0, 0.1) is 225 Å². The normalized spacial score (nSPS) is 99.0. The van der Waals surface area contributed by atoms with Gasteiger partial charge in [-0.05, 0) is 238 Å². The summed E-state index contributed by atoms with van der Waals surface area (Å²) < 4.78 is 0. The Morgan fingerprint density at radius 2 is 0.333 bits per heavy atom. The fraction of sp³-hybridized carbons (Fsp3) is 1.00. The number of fused-ring (bicyclic) bond motifs is 52. The molecule has 38 unspecified atom stereocenters. The maximum atomic E-state index is 2.63. The van der Waals surface area contributed by atoms with E-state index in [0.717, 1.165) is 11.8 Å². The van der Waals surface area contributed by atoms with Gasteiger partial charge in [0.15, 0.2) is 0 Å². The summed E-state index contributed by atoms with van der Waals surface area (Å²) in [6.45, 7) is 5.26. The predicted octanol–water partition coefficient (Wildman–Crippen LogP) is 6.48. The molecule has 19 saturated carbocycles. The minimum Gasteiger partial charge on any atom is -0.0620 e. The quantitative estimate of drug-likeness (QED) is 0.302. The van der Waals surface area contributed by atoms with Crippen LogP contribution in [0.4, 0.5) is 0 Å². The molecule has 0 nitrogen and oxygen atoms in total. The lowest BCUT2D eigenvalue weighted by Crippen LogP contribution is -2.98. The van der Waals surface area contributed by atoms with E-state index in [2.05, 4.69) is 13.8 Å². The van der Waals surface area contributed by atoms with E-state index in [-0.39, 0.29) is 0 Å². The van der Waals surface area contributed by atoms with Crippen molar-refractivity contribution in [3.05, 3.63) is 0 Å².